The fraction of sp³-hybridized carbons (Fsp3) is 0.250. The van der Waals surface area contributed by atoms with Gasteiger partial charge < -0.3 is 9.88 Å². The summed E-state index contributed by atoms with van der Waals surface area (Å²) in [5, 5.41) is 2.83. The molecule has 0 aliphatic heterocycles. The molecule has 0 unspecified atom stereocenters. The Hall–Kier alpha value is -2.01. The number of hydrogen-bond acceptors (Lipinski definition) is 3. The van der Waals surface area contributed by atoms with Gasteiger partial charge in [0.2, 0.25) is 0 Å². The molecule has 2 aromatic rings. The van der Waals surface area contributed by atoms with E-state index in [2.05, 4.69) is 12.2 Å². The van der Waals surface area contributed by atoms with Gasteiger partial charge in [-0.3, -0.25) is 9.59 Å². The minimum Gasteiger partial charge on any atom is -0.354 e. The third-order valence-electron chi connectivity index (χ3n) is 3.16. The first-order chi connectivity index (χ1) is 10.0. The summed E-state index contributed by atoms with van der Waals surface area (Å²) in [5.74, 6) is 0.541. The average molecular weight is 302 g/mol. The molecule has 0 aliphatic carbocycles. The number of anilines is 1. The molecule has 0 aliphatic rings. The lowest BCUT2D eigenvalue weighted by atomic mass is 10.2. The van der Waals surface area contributed by atoms with Crippen LogP contribution in [0.4, 0.5) is 5.69 Å². The standard InChI is InChI=1S/C16H18N2O2S/c1-4-21-15-8-6-5-7-13(15)17-16(20)12-10-18(3)11(2)9-14(12)19/h5-10H,4H2,1-3H3,(H,17,20). The number of aromatic nitrogens is 1. The summed E-state index contributed by atoms with van der Waals surface area (Å²) in [5.41, 5.74) is 1.44. The van der Waals surface area contributed by atoms with Crippen molar-refractivity contribution in [2.75, 3.05) is 11.1 Å². The molecule has 0 atom stereocenters. The summed E-state index contributed by atoms with van der Waals surface area (Å²) in [6.07, 6.45) is 1.57. The van der Waals surface area contributed by atoms with E-state index in [-0.39, 0.29) is 16.9 Å². The van der Waals surface area contributed by atoms with E-state index in [4.69, 9.17) is 0 Å². The van der Waals surface area contributed by atoms with Gasteiger partial charge in [-0.05, 0) is 24.8 Å². The third kappa shape index (κ3) is 3.55. The van der Waals surface area contributed by atoms with Crippen molar-refractivity contribution < 1.29 is 4.79 Å². The SMILES string of the molecule is CCSc1ccccc1NC(=O)c1cn(C)c(C)cc1=O. The Morgan fingerprint density at radius 1 is 1.33 bits per heavy atom. The second-order valence-corrected chi connectivity index (χ2v) is 5.99. The maximum atomic E-state index is 12.3. The van der Waals surface area contributed by atoms with Gasteiger partial charge in [-0.1, -0.05) is 19.1 Å². The zero-order chi connectivity index (χ0) is 15.4. The number of aryl methyl sites for hydroxylation is 2. The Bertz CT molecular complexity index is 722. The number of nitrogens with one attached hydrogen (secondary N) is 1. The number of pyridine rings is 1. The molecule has 2 rings (SSSR count). The Morgan fingerprint density at radius 3 is 2.76 bits per heavy atom. The van der Waals surface area contributed by atoms with E-state index in [1.807, 2.05) is 38.2 Å². The summed E-state index contributed by atoms with van der Waals surface area (Å²) in [6.45, 7) is 3.88. The van der Waals surface area contributed by atoms with Crippen LogP contribution in [0.1, 0.15) is 23.0 Å². The topological polar surface area (TPSA) is 51.1 Å². The number of carbonyl (C=O) groups excluding carboxylic acids is 1. The summed E-state index contributed by atoms with van der Waals surface area (Å²) < 4.78 is 1.77. The van der Waals surface area contributed by atoms with E-state index >= 15 is 0 Å². The fourth-order valence-electron chi connectivity index (χ4n) is 1.94. The molecular weight excluding hydrogens is 284 g/mol. The quantitative estimate of drug-likeness (QED) is 0.883. The highest BCUT2D eigenvalue weighted by Gasteiger charge is 2.13. The lowest BCUT2D eigenvalue weighted by Gasteiger charge is -2.11. The molecule has 21 heavy (non-hydrogen) atoms. The lowest BCUT2D eigenvalue weighted by Crippen LogP contribution is -2.23. The van der Waals surface area contributed by atoms with Gasteiger partial charge in [-0.25, -0.2) is 0 Å². The van der Waals surface area contributed by atoms with Crippen molar-refractivity contribution in [1.82, 2.24) is 4.57 Å². The van der Waals surface area contributed by atoms with Gasteiger partial charge in [-0.2, -0.15) is 0 Å². The number of benzene rings is 1. The van der Waals surface area contributed by atoms with Gasteiger partial charge in [0.15, 0.2) is 5.43 Å². The molecule has 0 bridgehead atoms. The van der Waals surface area contributed by atoms with Crippen molar-refractivity contribution in [1.29, 1.82) is 0 Å². The molecule has 1 aromatic heterocycles. The number of thioether (sulfide) groups is 1. The van der Waals surface area contributed by atoms with Gasteiger partial charge >= 0.3 is 0 Å². The fourth-order valence-corrected chi connectivity index (χ4v) is 2.70. The molecule has 0 saturated carbocycles. The molecule has 1 N–H and O–H groups in total. The normalized spacial score (nSPS) is 10.4. The van der Waals surface area contributed by atoms with Gasteiger partial charge in [0.25, 0.3) is 5.91 Å². The van der Waals surface area contributed by atoms with E-state index in [1.165, 1.54) is 6.07 Å². The van der Waals surface area contributed by atoms with Crippen LogP contribution in [-0.2, 0) is 7.05 Å². The number of hydrogen-bond donors (Lipinski definition) is 1. The Kier molecular flexibility index (Phi) is 4.85. The summed E-state index contributed by atoms with van der Waals surface area (Å²) >= 11 is 1.65. The number of nitrogens with zero attached hydrogens (tertiary/aromatic N) is 1. The molecular formula is C16H18N2O2S. The molecule has 1 amide bonds. The second-order valence-electron chi connectivity index (χ2n) is 4.69. The van der Waals surface area contributed by atoms with Crippen LogP contribution in [0, 0.1) is 6.92 Å². The van der Waals surface area contributed by atoms with Gasteiger partial charge in [0, 0.05) is 29.9 Å². The Labute approximate surface area is 128 Å². The van der Waals surface area contributed by atoms with Crippen molar-refractivity contribution >= 4 is 23.4 Å². The van der Waals surface area contributed by atoms with Gasteiger partial charge in [0.05, 0.1) is 5.69 Å². The Morgan fingerprint density at radius 2 is 2.05 bits per heavy atom. The average Bonchev–Trinajstić information content (AvgIpc) is 2.45. The molecule has 0 saturated heterocycles. The highest BCUT2D eigenvalue weighted by atomic mass is 32.2. The van der Waals surface area contributed by atoms with Crippen molar-refractivity contribution in [2.45, 2.75) is 18.7 Å². The van der Waals surface area contributed by atoms with E-state index in [1.54, 1.807) is 22.5 Å². The molecule has 5 heteroatoms. The number of amides is 1. The van der Waals surface area contributed by atoms with Crippen LogP contribution in [0.5, 0.6) is 0 Å². The first-order valence-corrected chi connectivity index (χ1v) is 7.72. The molecule has 110 valence electrons. The first-order valence-electron chi connectivity index (χ1n) is 6.73. The Balaban J connectivity index is 2.31. The molecule has 0 spiro atoms. The minimum absolute atomic E-state index is 0.152. The predicted molar refractivity (Wildman–Crippen MR) is 87.2 cm³/mol. The highest BCUT2D eigenvalue weighted by molar-refractivity contribution is 7.99. The molecule has 4 nitrogen and oxygen atoms in total. The number of para-hydroxylation sites is 1. The maximum absolute atomic E-state index is 12.3. The zero-order valence-corrected chi connectivity index (χ0v) is 13.2. The predicted octanol–water partition coefficient (Wildman–Crippen LogP) is 3.06. The van der Waals surface area contributed by atoms with Crippen LogP contribution in [-0.4, -0.2) is 16.2 Å². The highest BCUT2D eigenvalue weighted by Crippen LogP contribution is 2.26. The number of carbonyl (C=O) groups is 1. The first kappa shape index (κ1) is 15.4. The van der Waals surface area contributed by atoms with Crippen LogP contribution in [0.15, 0.2) is 46.2 Å². The molecule has 0 fully saturated rings. The van der Waals surface area contributed by atoms with Gasteiger partial charge in [-0.15, -0.1) is 11.8 Å². The van der Waals surface area contributed by atoms with Crippen LogP contribution in [0.25, 0.3) is 0 Å². The van der Waals surface area contributed by atoms with Crippen molar-refractivity contribution in [3.63, 3.8) is 0 Å². The van der Waals surface area contributed by atoms with E-state index in [0.717, 1.165) is 22.0 Å². The van der Waals surface area contributed by atoms with E-state index in [0.29, 0.717) is 0 Å². The van der Waals surface area contributed by atoms with Crippen LogP contribution in [0.2, 0.25) is 0 Å². The van der Waals surface area contributed by atoms with Crippen LogP contribution >= 0.6 is 11.8 Å². The molecule has 1 aromatic carbocycles. The van der Waals surface area contributed by atoms with Crippen molar-refractivity contribution in [3.05, 3.63) is 58.0 Å². The largest absolute Gasteiger partial charge is 0.354 e. The van der Waals surface area contributed by atoms with Crippen LogP contribution < -0.4 is 10.7 Å². The smallest absolute Gasteiger partial charge is 0.261 e. The third-order valence-corrected chi connectivity index (χ3v) is 4.12. The summed E-state index contributed by atoms with van der Waals surface area (Å²) in [4.78, 5) is 25.3. The monoisotopic (exact) mass is 302 g/mol. The maximum Gasteiger partial charge on any atom is 0.261 e. The summed E-state index contributed by atoms with van der Waals surface area (Å²) in [7, 11) is 1.81. The second kappa shape index (κ2) is 6.63. The minimum atomic E-state index is -0.375. The van der Waals surface area contributed by atoms with E-state index < -0.39 is 0 Å². The van der Waals surface area contributed by atoms with Crippen LogP contribution in [0.3, 0.4) is 0 Å². The van der Waals surface area contributed by atoms with E-state index in [9.17, 15) is 9.59 Å². The summed E-state index contributed by atoms with van der Waals surface area (Å²) in [6, 6.07) is 9.06. The van der Waals surface area contributed by atoms with Crippen molar-refractivity contribution in [2.24, 2.45) is 7.05 Å². The zero-order valence-electron chi connectivity index (χ0n) is 12.3. The van der Waals surface area contributed by atoms with Gasteiger partial charge in [0.1, 0.15) is 5.56 Å². The van der Waals surface area contributed by atoms with Crippen molar-refractivity contribution in [3.8, 4) is 0 Å². The molecule has 0 radical (unpaired) electrons. The molecule has 1 heterocycles. The lowest BCUT2D eigenvalue weighted by molar-refractivity contribution is 0.102. The number of rotatable bonds is 4.